The van der Waals surface area contributed by atoms with Gasteiger partial charge in [-0.25, -0.2) is 0 Å². The number of pyridine rings is 1. The van der Waals surface area contributed by atoms with Gasteiger partial charge in [-0.2, -0.15) is 5.26 Å². The third-order valence-corrected chi connectivity index (χ3v) is 5.77. The summed E-state index contributed by atoms with van der Waals surface area (Å²) in [6, 6.07) is 20.0. The number of aliphatic carboxylic acids is 1. The Morgan fingerprint density at radius 2 is 1.92 bits per heavy atom. The van der Waals surface area contributed by atoms with Crippen molar-refractivity contribution in [1.29, 1.82) is 5.26 Å². The lowest BCUT2D eigenvalue weighted by Gasteiger charge is -2.33. The molecule has 0 radical (unpaired) electrons. The fourth-order valence-corrected chi connectivity index (χ4v) is 4.00. The van der Waals surface area contributed by atoms with Crippen molar-refractivity contribution in [3.63, 3.8) is 0 Å². The van der Waals surface area contributed by atoms with Crippen molar-refractivity contribution in [3.8, 4) is 6.19 Å². The highest BCUT2D eigenvalue weighted by Crippen LogP contribution is 2.30. The summed E-state index contributed by atoms with van der Waals surface area (Å²) in [4.78, 5) is 20.5. The SMILES string of the molecule is CC(C(O)c1ccccc1)N(C(N)=NC#N)c1cccc(/C(=C\CCCC(=O)O)c2cccnc2)c1. The number of nitrogens with two attached hydrogens (primary N) is 1. The molecule has 36 heavy (non-hydrogen) atoms. The van der Waals surface area contributed by atoms with Crippen molar-refractivity contribution in [3.05, 3.63) is 102 Å². The molecular formula is C28H29N5O3. The normalized spacial score (nSPS) is 13.5. The van der Waals surface area contributed by atoms with Gasteiger partial charge in [-0.1, -0.05) is 54.6 Å². The molecule has 8 nitrogen and oxygen atoms in total. The monoisotopic (exact) mass is 483 g/mol. The van der Waals surface area contributed by atoms with E-state index in [4.69, 9.17) is 16.1 Å². The summed E-state index contributed by atoms with van der Waals surface area (Å²) in [6.07, 6.45) is 7.44. The van der Waals surface area contributed by atoms with E-state index in [1.165, 1.54) is 0 Å². The molecule has 0 bridgehead atoms. The number of aliphatic hydroxyl groups excluding tert-OH is 1. The fraction of sp³-hybridized carbons (Fsp3) is 0.214. The van der Waals surface area contributed by atoms with Gasteiger partial charge in [0.15, 0.2) is 0 Å². The lowest BCUT2D eigenvalue weighted by Crippen LogP contribution is -2.46. The molecule has 0 amide bonds. The highest BCUT2D eigenvalue weighted by molar-refractivity contribution is 5.96. The first-order valence-corrected chi connectivity index (χ1v) is 11.6. The third-order valence-electron chi connectivity index (χ3n) is 5.77. The number of hydrogen-bond acceptors (Lipinski definition) is 5. The van der Waals surface area contributed by atoms with Crippen LogP contribution in [-0.4, -0.2) is 33.2 Å². The van der Waals surface area contributed by atoms with E-state index in [1.807, 2.05) is 79.7 Å². The molecule has 2 aromatic carbocycles. The van der Waals surface area contributed by atoms with E-state index < -0.39 is 18.1 Å². The zero-order chi connectivity index (χ0) is 25.9. The van der Waals surface area contributed by atoms with Crippen LogP contribution in [0.2, 0.25) is 0 Å². The van der Waals surface area contributed by atoms with Crippen molar-refractivity contribution < 1.29 is 15.0 Å². The van der Waals surface area contributed by atoms with Crippen molar-refractivity contribution in [1.82, 2.24) is 4.98 Å². The lowest BCUT2D eigenvalue weighted by molar-refractivity contribution is -0.137. The molecule has 0 aliphatic carbocycles. The molecule has 0 aliphatic heterocycles. The number of aromatic nitrogens is 1. The van der Waals surface area contributed by atoms with E-state index in [0.29, 0.717) is 24.1 Å². The fourth-order valence-electron chi connectivity index (χ4n) is 4.00. The van der Waals surface area contributed by atoms with E-state index in [9.17, 15) is 9.90 Å². The van der Waals surface area contributed by atoms with Gasteiger partial charge in [-0.05, 0) is 54.7 Å². The van der Waals surface area contributed by atoms with Gasteiger partial charge >= 0.3 is 5.97 Å². The molecule has 0 aliphatic rings. The maximum atomic E-state index is 11.1. The number of nitriles is 1. The molecule has 184 valence electrons. The van der Waals surface area contributed by atoms with E-state index in [-0.39, 0.29) is 12.4 Å². The van der Waals surface area contributed by atoms with Crippen LogP contribution in [-0.2, 0) is 4.79 Å². The minimum absolute atomic E-state index is 0.0366. The van der Waals surface area contributed by atoms with Gasteiger partial charge in [0, 0.05) is 30.1 Å². The van der Waals surface area contributed by atoms with E-state index in [2.05, 4.69) is 9.98 Å². The topological polar surface area (TPSA) is 136 Å². The molecule has 0 saturated carbocycles. The Labute approximate surface area is 210 Å². The van der Waals surface area contributed by atoms with Gasteiger partial charge in [0.2, 0.25) is 12.2 Å². The smallest absolute Gasteiger partial charge is 0.303 e. The number of aliphatic imine (C=N–C) groups is 1. The van der Waals surface area contributed by atoms with E-state index in [1.54, 1.807) is 23.5 Å². The number of carboxylic acids is 1. The van der Waals surface area contributed by atoms with Crippen molar-refractivity contribution in [2.24, 2.45) is 10.7 Å². The largest absolute Gasteiger partial charge is 0.481 e. The van der Waals surface area contributed by atoms with Crippen molar-refractivity contribution in [2.75, 3.05) is 4.90 Å². The molecule has 2 unspecified atom stereocenters. The number of rotatable bonds is 10. The van der Waals surface area contributed by atoms with Gasteiger partial charge < -0.3 is 20.8 Å². The molecule has 0 saturated heterocycles. The molecule has 2 atom stereocenters. The van der Waals surface area contributed by atoms with Gasteiger partial charge in [0.05, 0.1) is 12.1 Å². The number of anilines is 1. The average molecular weight is 484 g/mol. The highest BCUT2D eigenvalue weighted by atomic mass is 16.4. The van der Waals surface area contributed by atoms with Gasteiger partial charge in [0.1, 0.15) is 0 Å². The second-order valence-corrected chi connectivity index (χ2v) is 8.23. The second-order valence-electron chi connectivity index (χ2n) is 8.23. The van der Waals surface area contributed by atoms with Gasteiger partial charge in [-0.3, -0.25) is 9.78 Å². The lowest BCUT2D eigenvalue weighted by atomic mass is 9.96. The Bertz CT molecular complexity index is 1250. The molecule has 0 spiro atoms. The number of carboxylic acid groups (broad SMARTS) is 1. The van der Waals surface area contributed by atoms with Crippen molar-refractivity contribution >= 4 is 23.2 Å². The first-order valence-electron chi connectivity index (χ1n) is 11.6. The Balaban J connectivity index is 2.03. The summed E-state index contributed by atoms with van der Waals surface area (Å²) in [7, 11) is 0. The minimum atomic E-state index is -0.897. The number of hydrogen-bond donors (Lipinski definition) is 3. The van der Waals surface area contributed by atoms with Crippen LogP contribution in [0.5, 0.6) is 0 Å². The van der Waals surface area contributed by atoms with Crippen LogP contribution in [0, 0.1) is 11.5 Å². The maximum absolute atomic E-state index is 11.1. The maximum Gasteiger partial charge on any atom is 0.303 e. The third kappa shape index (κ3) is 6.78. The summed E-state index contributed by atoms with van der Waals surface area (Å²) in [5.74, 6) is -0.868. The minimum Gasteiger partial charge on any atom is -0.481 e. The standard InChI is InChI=1S/C28H29N5O3/c1-20(27(36)21-9-3-2-4-10-21)33(28(30)32-19-29)24-13-7-11-22(17-24)25(14-5-6-15-26(34)35)23-12-8-16-31-18-23/h2-4,7-14,16-18,20,27,36H,5-6,15H2,1H3,(H2,30,32)(H,34,35)/b25-14+. The molecular weight excluding hydrogens is 454 g/mol. The Morgan fingerprint density at radius 1 is 1.17 bits per heavy atom. The summed E-state index contributed by atoms with van der Waals surface area (Å²) >= 11 is 0. The van der Waals surface area contributed by atoms with Crippen LogP contribution in [0.1, 0.15) is 49.0 Å². The second kappa shape index (κ2) is 12.8. The van der Waals surface area contributed by atoms with Crippen LogP contribution in [0.15, 0.2) is 90.2 Å². The van der Waals surface area contributed by atoms with Crippen LogP contribution in [0.25, 0.3) is 5.57 Å². The Morgan fingerprint density at radius 3 is 2.58 bits per heavy atom. The number of aliphatic hydroxyl groups is 1. The molecule has 4 N–H and O–H groups in total. The van der Waals surface area contributed by atoms with Crippen LogP contribution in [0.4, 0.5) is 5.69 Å². The molecule has 3 rings (SSSR count). The number of benzene rings is 2. The molecule has 1 heterocycles. The average Bonchev–Trinajstić information content (AvgIpc) is 2.89. The van der Waals surface area contributed by atoms with Crippen LogP contribution in [0.3, 0.4) is 0 Å². The molecule has 0 fully saturated rings. The van der Waals surface area contributed by atoms with E-state index in [0.717, 1.165) is 16.7 Å². The van der Waals surface area contributed by atoms with Crippen LogP contribution >= 0.6 is 0 Å². The van der Waals surface area contributed by atoms with Gasteiger partial charge in [-0.15, -0.1) is 4.99 Å². The number of allylic oxidation sites excluding steroid dienone is 1. The summed E-state index contributed by atoms with van der Waals surface area (Å²) < 4.78 is 0. The first kappa shape index (κ1) is 26.1. The number of guanidine groups is 1. The Kier molecular flexibility index (Phi) is 9.32. The number of carbonyl (C=O) groups is 1. The predicted molar refractivity (Wildman–Crippen MR) is 140 cm³/mol. The first-order chi connectivity index (χ1) is 17.4. The van der Waals surface area contributed by atoms with Gasteiger partial charge in [0.25, 0.3) is 0 Å². The quantitative estimate of drug-likeness (QED) is 0.167. The summed E-state index contributed by atoms with van der Waals surface area (Å²) in [6.45, 7) is 1.81. The van der Waals surface area contributed by atoms with Crippen molar-refractivity contribution in [2.45, 2.75) is 38.3 Å². The zero-order valence-corrected chi connectivity index (χ0v) is 20.0. The number of nitrogens with zero attached hydrogens (tertiary/aromatic N) is 4. The van der Waals surface area contributed by atoms with E-state index >= 15 is 0 Å². The summed E-state index contributed by atoms with van der Waals surface area (Å²) in [5, 5.41) is 29.2. The zero-order valence-electron chi connectivity index (χ0n) is 20.0. The predicted octanol–water partition coefficient (Wildman–Crippen LogP) is 4.49. The Hall–Kier alpha value is -4.48. The highest BCUT2D eigenvalue weighted by Gasteiger charge is 2.26. The molecule has 3 aromatic rings. The van der Waals surface area contributed by atoms with Crippen LogP contribution < -0.4 is 10.6 Å². The molecule has 8 heteroatoms. The molecule has 1 aromatic heterocycles. The summed E-state index contributed by atoms with van der Waals surface area (Å²) in [5.41, 5.74) is 10.2. The number of unbranched alkanes of at least 4 members (excludes halogenated alkanes) is 1.